The molecule has 3 aromatic carbocycles. The predicted molar refractivity (Wildman–Crippen MR) is 99.0 cm³/mol. The summed E-state index contributed by atoms with van der Waals surface area (Å²) in [5, 5.41) is 5.68. The molecule has 0 heterocycles. The first-order valence-electron chi connectivity index (χ1n) is 8.72. The van der Waals surface area contributed by atoms with Gasteiger partial charge in [0.1, 0.15) is 0 Å². The molecule has 0 saturated heterocycles. The molecule has 3 aromatic rings. The minimum atomic E-state index is 1.11. The first-order chi connectivity index (χ1) is 10.7. The highest BCUT2D eigenvalue weighted by molar-refractivity contribution is 6.01. The molecular formula is C22H26. The predicted octanol–water partition coefficient (Wildman–Crippen LogP) is 6.24. The molecular weight excluding hydrogens is 264 g/mol. The molecule has 0 fully saturated rings. The van der Waals surface area contributed by atoms with Crippen molar-refractivity contribution in [1.29, 1.82) is 0 Å². The second kappa shape index (κ2) is 6.12. The highest BCUT2D eigenvalue weighted by atomic mass is 14.1. The Morgan fingerprint density at radius 1 is 0.545 bits per heavy atom. The SMILES string of the molecule is CCc1ccc2cc3c(CC)c(CC)ccc3cc2c1CC. The molecule has 22 heavy (non-hydrogen) atoms. The third-order valence-corrected chi connectivity index (χ3v) is 5.04. The molecule has 0 spiro atoms. The maximum absolute atomic E-state index is 2.42. The fourth-order valence-electron chi connectivity index (χ4n) is 3.86. The molecule has 3 rings (SSSR count). The van der Waals surface area contributed by atoms with Gasteiger partial charge in [0.05, 0.1) is 0 Å². The van der Waals surface area contributed by atoms with E-state index in [1.54, 1.807) is 0 Å². The van der Waals surface area contributed by atoms with Gasteiger partial charge in [-0.15, -0.1) is 0 Å². The average Bonchev–Trinajstić information content (AvgIpc) is 2.57. The molecule has 0 heteroatoms. The fourth-order valence-corrected chi connectivity index (χ4v) is 3.86. The summed E-state index contributed by atoms with van der Waals surface area (Å²) in [6.07, 6.45) is 4.46. The van der Waals surface area contributed by atoms with Crippen LogP contribution in [0.3, 0.4) is 0 Å². The second-order valence-electron chi connectivity index (χ2n) is 6.12. The van der Waals surface area contributed by atoms with Crippen LogP contribution in [-0.2, 0) is 25.7 Å². The van der Waals surface area contributed by atoms with Gasteiger partial charge < -0.3 is 0 Å². The molecule has 0 amide bonds. The summed E-state index contributed by atoms with van der Waals surface area (Å²) in [5.41, 5.74) is 6.05. The van der Waals surface area contributed by atoms with E-state index >= 15 is 0 Å². The van der Waals surface area contributed by atoms with Crippen molar-refractivity contribution in [2.45, 2.75) is 53.4 Å². The Kier molecular flexibility index (Phi) is 4.20. The van der Waals surface area contributed by atoms with Crippen molar-refractivity contribution >= 4 is 21.5 Å². The quantitative estimate of drug-likeness (QED) is 0.499. The molecule has 0 bridgehead atoms. The zero-order chi connectivity index (χ0) is 15.7. The van der Waals surface area contributed by atoms with Gasteiger partial charge in [-0.2, -0.15) is 0 Å². The minimum absolute atomic E-state index is 1.11. The minimum Gasteiger partial charge on any atom is -0.0613 e. The van der Waals surface area contributed by atoms with Crippen molar-refractivity contribution in [3.05, 3.63) is 58.7 Å². The van der Waals surface area contributed by atoms with Crippen LogP contribution in [-0.4, -0.2) is 0 Å². The van der Waals surface area contributed by atoms with E-state index in [0.717, 1.165) is 25.7 Å². The van der Waals surface area contributed by atoms with Crippen molar-refractivity contribution in [2.75, 3.05) is 0 Å². The van der Waals surface area contributed by atoms with E-state index in [4.69, 9.17) is 0 Å². The Morgan fingerprint density at radius 3 is 1.27 bits per heavy atom. The van der Waals surface area contributed by atoms with Crippen LogP contribution in [0, 0.1) is 0 Å². The summed E-state index contributed by atoms with van der Waals surface area (Å²) in [4.78, 5) is 0. The maximum atomic E-state index is 2.42. The van der Waals surface area contributed by atoms with E-state index in [1.165, 1.54) is 43.8 Å². The van der Waals surface area contributed by atoms with Crippen molar-refractivity contribution in [3.8, 4) is 0 Å². The number of hydrogen-bond donors (Lipinski definition) is 0. The Balaban J connectivity index is 2.39. The van der Waals surface area contributed by atoms with E-state index < -0.39 is 0 Å². The number of benzene rings is 3. The zero-order valence-electron chi connectivity index (χ0n) is 14.3. The van der Waals surface area contributed by atoms with Crippen molar-refractivity contribution in [1.82, 2.24) is 0 Å². The van der Waals surface area contributed by atoms with Crippen LogP contribution in [0.2, 0.25) is 0 Å². The summed E-state index contributed by atoms with van der Waals surface area (Å²) < 4.78 is 0. The zero-order valence-corrected chi connectivity index (χ0v) is 14.3. The van der Waals surface area contributed by atoms with Gasteiger partial charge in [-0.05, 0) is 81.6 Å². The third kappa shape index (κ3) is 2.31. The molecule has 0 aliphatic rings. The lowest BCUT2D eigenvalue weighted by Gasteiger charge is -2.15. The number of rotatable bonds is 4. The summed E-state index contributed by atoms with van der Waals surface area (Å²) in [5.74, 6) is 0. The lowest BCUT2D eigenvalue weighted by molar-refractivity contribution is 1.05. The van der Waals surface area contributed by atoms with Crippen LogP contribution in [0.25, 0.3) is 21.5 Å². The maximum Gasteiger partial charge on any atom is -0.0143 e. The van der Waals surface area contributed by atoms with E-state index in [0.29, 0.717) is 0 Å². The standard InChI is InChI=1S/C22H26/c1-5-15-9-11-17-14-22-18(13-21(17)19(15)7-3)12-10-16(6-2)20(22)8-4/h9-14H,5-8H2,1-4H3. The van der Waals surface area contributed by atoms with E-state index in [9.17, 15) is 0 Å². The van der Waals surface area contributed by atoms with Crippen molar-refractivity contribution < 1.29 is 0 Å². The Bertz CT molecular complexity index is 753. The number of fused-ring (bicyclic) bond motifs is 2. The van der Waals surface area contributed by atoms with Crippen LogP contribution in [0.5, 0.6) is 0 Å². The van der Waals surface area contributed by atoms with Crippen LogP contribution in [0.15, 0.2) is 36.4 Å². The first kappa shape index (κ1) is 15.1. The van der Waals surface area contributed by atoms with Gasteiger partial charge in [-0.3, -0.25) is 0 Å². The van der Waals surface area contributed by atoms with Gasteiger partial charge in [0.2, 0.25) is 0 Å². The van der Waals surface area contributed by atoms with E-state index in [-0.39, 0.29) is 0 Å². The Morgan fingerprint density at radius 2 is 0.955 bits per heavy atom. The lowest BCUT2D eigenvalue weighted by atomic mass is 9.90. The first-order valence-corrected chi connectivity index (χ1v) is 8.72. The normalized spacial score (nSPS) is 11.5. The molecule has 0 aliphatic heterocycles. The van der Waals surface area contributed by atoms with Crippen molar-refractivity contribution in [2.24, 2.45) is 0 Å². The molecule has 0 aromatic heterocycles. The summed E-state index contributed by atoms with van der Waals surface area (Å²) >= 11 is 0. The Hall–Kier alpha value is -1.82. The average molecular weight is 290 g/mol. The highest BCUT2D eigenvalue weighted by Gasteiger charge is 2.10. The van der Waals surface area contributed by atoms with Gasteiger partial charge in [-0.25, -0.2) is 0 Å². The van der Waals surface area contributed by atoms with E-state index in [2.05, 4.69) is 64.1 Å². The van der Waals surface area contributed by atoms with Gasteiger partial charge in [0.15, 0.2) is 0 Å². The van der Waals surface area contributed by atoms with Gasteiger partial charge in [-0.1, -0.05) is 52.0 Å². The molecule has 0 nitrogen and oxygen atoms in total. The Labute approximate surface area is 134 Å². The van der Waals surface area contributed by atoms with Gasteiger partial charge in [0.25, 0.3) is 0 Å². The van der Waals surface area contributed by atoms with Crippen LogP contribution in [0.1, 0.15) is 49.9 Å². The van der Waals surface area contributed by atoms with Crippen molar-refractivity contribution in [3.63, 3.8) is 0 Å². The number of hydrogen-bond acceptors (Lipinski definition) is 0. The third-order valence-electron chi connectivity index (χ3n) is 5.04. The summed E-state index contributed by atoms with van der Waals surface area (Å²) in [6, 6.07) is 14.1. The molecule has 0 aliphatic carbocycles. The largest absolute Gasteiger partial charge is 0.0613 e. The molecule has 0 radical (unpaired) electrons. The number of aryl methyl sites for hydroxylation is 4. The highest BCUT2D eigenvalue weighted by Crippen LogP contribution is 2.31. The monoisotopic (exact) mass is 290 g/mol. The second-order valence-corrected chi connectivity index (χ2v) is 6.12. The summed E-state index contributed by atoms with van der Waals surface area (Å²) in [6.45, 7) is 9.06. The van der Waals surface area contributed by atoms with E-state index in [1.807, 2.05) is 0 Å². The van der Waals surface area contributed by atoms with Gasteiger partial charge >= 0.3 is 0 Å². The molecule has 0 saturated carbocycles. The molecule has 0 N–H and O–H groups in total. The topological polar surface area (TPSA) is 0 Å². The molecule has 0 atom stereocenters. The fraction of sp³-hybridized carbons (Fsp3) is 0.364. The molecule has 0 unspecified atom stereocenters. The smallest absolute Gasteiger partial charge is 0.0143 e. The molecule has 114 valence electrons. The van der Waals surface area contributed by atoms with Crippen LogP contribution in [0.4, 0.5) is 0 Å². The summed E-state index contributed by atoms with van der Waals surface area (Å²) in [7, 11) is 0. The lowest BCUT2D eigenvalue weighted by Crippen LogP contribution is -1.95. The van der Waals surface area contributed by atoms with Gasteiger partial charge in [0, 0.05) is 0 Å². The van der Waals surface area contributed by atoms with Crippen LogP contribution >= 0.6 is 0 Å². The van der Waals surface area contributed by atoms with Crippen LogP contribution < -0.4 is 0 Å².